The van der Waals surface area contributed by atoms with Crippen LogP contribution in [-0.4, -0.2) is 26.7 Å². The Morgan fingerprint density at radius 1 is 1.40 bits per heavy atom. The molecule has 2 fully saturated rings. The lowest BCUT2D eigenvalue weighted by Crippen LogP contribution is -2.41. The van der Waals surface area contributed by atoms with Gasteiger partial charge in [-0.25, -0.2) is 9.67 Å². The zero-order valence-electron chi connectivity index (χ0n) is 12.6. The van der Waals surface area contributed by atoms with Crippen molar-refractivity contribution in [2.75, 3.05) is 0 Å². The van der Waals surface area contributed by atoms with Crippen molar-refractivity contribution in [2.45, 2.75) is 59.0 Å². The lowest BCUT2D eigenvalue weighted by atomic mass is 9.84. The average Bonchev–Trinajstić information content (AvgIpc) is 3.05. The summed E-state index contributed by atoms with van der Waals surface area (Å²) in [4.78, 5) is 16.4. The molecule has 2 saturated carbocycles. The van der Waals surface area contributed by atoms with Gasteiger partial charge in [0.2, 0.25) is 5.91 Å². The summed E-state index contributed by atoms with van der Waals surface area (Å²) in [5.74, 6) is 4.00. The zero-order chi connectivity index (χ0) is 14.3. The molecule has 2 bridgehead atoms. The molecule has 0 aromatic carbocycles. The van der Waals surface area contributed by atoms with E-state index < -0.39 is 0 Å². The molecule has 1 aromatic rings. The van der Waals surface area contributed by atoms with Crippen LogP contribution in [0.25, 0.3) is 0 Å². The molecule has 1 N–H and O–H groups in total. The molecule has 5 heteroatoms. The fraction of sp³-hybridized carbons (Fsp3) is 0.800. The fourth-order valence-corrected chi connectivity index (χ4v) is 4.16. The molecular formula is C15H24N4O. The molecule has 0 aliphatic heterocycles. The summed E-state index contributed by atoms with van der Waals surface area (Å²) in [5.41, 5.74) is 0. The van der Waals surface area contributed by atoms with E-state index in [0.717, 1.165) is 23.5 Å². The van der Waals surface area contributed by atoms with Gasteiger partial charge in [0.05, 0.1) is 0 Å². The Balaban J connectivity index is 1.55. The Morgan fingerprint density at radius 3 is 2.75 bits per heavy atom. The molecule has 5 nitrogen and oxygen atoms in total. The minimum absolute atomic E-state index is 0.0493. The Kier molecular flexibility index (Phi) is 3.52. The van der Waals surface area contributed by atoms with Crippen LogP contribution in [-0.2, 0) is 11.3 Å². The van der Waals surface area contributed by atoms with Gasteiger partial charge >= 0.3 is 0 Å². The van der Waals surface area contributed by atoms with Crippen LogP contribution in [0.5, 0.6) is 0 Å². The number of carbonyl (C=O) groups is 1. The number of hydrogen-bond acceptors (Lipinski definition) is 3. The first-order valence-corrected chi connectivity index (χ1v) is 7.70. The third-order valence-electron chi connectivity index (χ3n) is 5.08. The van der Waals surface area contributed by atoms with E-state index in [1.807, 2.05) is 13.8 Å². The van der Waals surface area contributed by atoms with Crippen molar-refractivity contribution in [2.24, 2.45) is 17.8 Å². The largest absolute Gasteiger partial charge is 0.352 e. The Labute approximate surface area is 120 Å². The monoisotopic (exact) mass is 276 g/mol. The van der Waals surface area contributed by atoms with Gasteiger partial charge in [-0.15, -0.1) is 0 Å². The van der Waals surface area contributed by atoms with E-state index in [4.69, 9.17) is 0 Å². The van der Waals surface area contributed by atoms with E-state index in [1.165, 1.54) is 25.7 Å². The highest BCUT2D eigenvalue weighted by molar-refractivity contribution is 5.76. The molecular weight excluding hydrogens is 252 g/mol. The summed E-state index contributed by atoms with van der Waals surface area (Å²) in [7, 11) is 0. The van der Waals surface area contributed by atoms with Crippen LogP contribution in [0.1, 0.15) is 44.3 Å². The second-order valence-electron chi connectivity index (χ2n) is 6.56. The van der Waals surface area contributed by atoms with Crippen LogP contribution >= 0.6 is 0 Å². The molecule has 1 amide bonds. The van der Waals surface area contributed by atoms with Gasteiger partial charge in [-0.1, -0.05) is 6.42 Å². The van der Waals surface area contributed by atoms with Crippen molar-refractivity contribution in [3.63, 3.8) is 0 Å². The van der Waals surface area contributed by atoms with Gasteiger partial charge in [0.1, 0.15) is 18.2 Å². The number of hydrogen-bond donors (Lipinski definition) is 1. The smallest absolute Gasteiger partial charge is 0.242 e. The maximum atomic E-state index is 12.1. The number of nitrogens with one attached hydrogen (secondary N) is 1. The highest BCUT2D eigenvalue weighted by Crippen LogP contribution is 2.49. The van der Waals surface area contributed by atoms with E-state index in [2.05, 4.69) is 22.3 Å². The first-order valence-electron chi connectivity index (χ1n) is 7.70. The molecule has 110 valence electrons. The summed E-state index contributed by atoms with van der Waals surface area (Å²) in [5, 5.41) is 7.40. The predicted octanol–water partition coefficient (Wildman–Crippen LogP) is 1.84. The van der Waals surface area contributed by atoms with Crippen molar-refractivity contribution in [1.82, 2.24) is 20.1 Å². The van der Waals surface area contributed by atoms with Crippen LogP contribution in [0.3, 0.4) is 0 Å². The lowest BCUT2D eigenvalue weighted by Gasteiger charge is -2.28. The van der Waals surface area contributed by atoms with Crippen LogP contribution in [0, 0.1) is 31.6 Å². The van der Waals surface area contributed by atoms with E-state index in [0.29, 0.717) is 5.92 Å². The van der Waals surface area contributed by atoms with Crippen molar-refractivity contribution < 1.29 is 4.79 Å². The number of nitrogens with zero attached hydrogens (tertiary/aromatic N) is 3. The second-order valence-corrected chi connectivity index (χ2v) is 6.56. The van der Waals surface area contributed by atoms with Gasteiger partial charge in [0.25, 0.3) is 0 Å². The molecule has 20 heavy (non-hydrogen) atoms. The number of aromatic nitrogens is 3. The molecule has 0 saturated heterocycles. The van der Waals surface area contributed by atoms with Crippen molar-refractivity contribution >= 4 is 5.91 Å². The molecule has 3 rings (SSSR count). The van der Waals surface area contributed by atoms with Gasteiger partial charge in [-0.2, -0.15) is 5.10 Å². The second kappa shape index (κ2) is 5.19. The molecule has 2 aliphatic carbocycles. The summed E-state index contributed by atoms with van der Waals surface area (Å²) in [6.45, 7) is 6.16. The highest BCUT2D eigenvalue weighted by Gasteiger charge is 2.42. The Hall–Kier alpha value is -1.39. The van der Waals surface area contributed by atoms with E-state index >= 15 is 0 Å². The van der Waals surface area contributed by atoms with Gasteiger partial charge < -0.3 is 5.32 Å². The van der Waals surface area contributed by atoms with E-state index in [-0.39, 0.29) is 18.5 Å². The lowest BCUT2D eigenvalue weighted by molar-refractivity contribution is -0.123. The maximum absolute atomic E-state index is 12.1. The number of amides is 1. The Bertz CT molecular complexity index is 510. The average molecular weight is 276 g/mol. The molecule has 2 aliphatic rings. The first-order chi connectivity index (χ1) is 9.52. The third kappa shape index (κ3) is 2.58. The molecule has 0 unspecified atom stereocenters. The number of rotatable bonds is 4. The van der Waals surface area contributed by atoms with Crippen LogP contribution < -0.4 is 5.32 Å². The summed E-state index contributed by atoms with van der Waals surface area (Å²) >= 11 is 0. The molecule has 1 heterocycles. The van der Waals surface area contributed by atoms with E-state index in [1.54, 1.807) is 4.68 Å². The van der Waals surface area contributed by atoms with Gasteiger partial charge in [0, 0.05) is 6.04 Å². The van der Waals surface area contributed by atoms with Gasteiger partial charge in [0.15, 0.2) is 0 Å². The first kappa shape index (κ1) is 13.6. The highest BCUT2D eigenvalue weighted by atomic mass is 16.2. The number of carbonyl (C=O) groups excluding carboxylic acids is 1. The topological polar surface area (TPSA) is 59.8 Å². The molecule has 1 aromatic heterocycles. The molecule has 4 atom stereocenters. The van der Waals surface area contributed by atoms with Gasteiger partial charge in [-0.05, 0) is 57.8 Å². The normalized spacial score (nSPS) is 29.6. The molecule has 0 spiro atoms. The van der Waals surface area contributed by atoms with Gasteiger partial charge in [-0.3, -0.25) is 4.79 Å². The van der Waals surface area contributed by atoms with Crippen LogP contribution in [0.15, 0.2) is 0 Å². The van der Waals surface area contributed by atoms with Crippen molar-refractivity contribution in [3.8, 4) is 0 Å². The van der Waals surface area contributed by atoms with Crippen molar-refractivity contribution in [1.29, 1.82) is 0 Å². The fourth-order valence-electron chi connectivity index (χ4n) is 4.16. The minimum Gasteiger partial charge on any atom is -0.352 e. The SMILES string of the molecule is Cc1nc(C)n(CC(=O)N[C@H](C)[C@H]2C[C@@H]3CC[C@@H]2C3)n1. The summed E-state index contributed by atoms with van der Waals surface area (Å²) in [6, 6.07) is 0.280. The summed E-state index contributed by atoms with van der Waals surface area (Å²) < 4.78 is 1.68. The maximum Gasteiger partial charge on any atom is 0.242 e. The van der Waals surface area contributed by atoms with Crippen LogP contribution in [0.2, 0.25) is 0 Å². The van der Waals surface area contributed by atoms with Crippen molar-refractivity contribution in [3.05, 3.63) is 11.6 Å². The van der Waals surface area contributed by atoms with Crippen LogP contribution in [0.4, 0.5) is 0 Å². The predicted molar refractivity (Wildman–Crippen MR) is 76.0 cm³/mol. The summed E-state index contributed by atoms with van der Waals surface area (Å²) in [6.07, 6.45) is 5.44. The van der Waals surface area contributed by atoms with E-state index in [9.17, 15) is 4.79 Å². The number of fused-ring (bicyclic) bond motifs is 2. The quantitative estimate of drug-likeness (QED) is 0.912. The zero-order valence-corrected chi connectivity index (χ0v) is 12.6. The molecule has 0 radical (unpaired) electrons. The third-order valence-corrected chi connectivity index (χ3v) is 5.08. The number of aryl methyl sites for hydroxylation is 2. The standard InChI is InChI=1S/C15H24N4O/c1-9(14-7-12-4-5-13(14)6-12)16-15(20)8-19-11(3)17-10(2)18-19/h9,12-14H,4-8H2,1-3H3,(H,16,20)/t9-,12-,13-,14-/m1/s1. The minimum atomic E-state index is 0.0493. The Morgan fingerprint density at radius 2 is 2.20 bits per heavy atom.